The van der Waals surface area contributed by atoms with Crippen LogP contribution in [0.2, 0.25) is 10.0 Å². The van der Waals surface area contributed by atoms with Crippen LogP contribution in [0, 0.1) is 5.92 Å². The van der Waals surface area contributed by atoms with Gasteiger partial charge in [0.15, 0.2) is 5.78 Å². The third kappa shape index (κ3) is 5.33. The van der Waals surface area contributed by atoms with E-state index in [0.29, 0.717) is 27.2 Å². The van der Waals surface area contributed by atoms with E-state index >= 15 is 0 Å². The zero-order chi connectivity index (χ0) is 27.1. The Hall–Kier alpha value is -3.04. The van der Waals surface area contributed by atoms with Crippen molar-refractivity contribution in [2.24, 2.45) is 13.0 Å². The first kappa shape index (κ1) is 27.0. The molecule has 0 radical (unpaired) electrons. The highest BCUT2D eigenvalue weighted by Gasteiger charge is 2.36. The number of amides is 1. The minimum atomic E-state index is -4.47. The number of ketones is 1. The normalized spacial score (nSPS) is 16.4. The lowest BCUT2D eigenvalue weighted by Crippen LogP contribution is -2.46. The van der Waals surface area contributed by atoms with Crippen molar-refractivity contribution in [3.8, 4) is 0 Å². The molecule has 4 rings (SSSR count). The first-order valence-corrected chi connectivity index (χ1v) is 12.3. The number of rotatable bonds is 5. The maximum absolute atomic E-state index is 13.2. The molecule has 2 heterocycles. The van der Waals surface area contributed by atoms with E-state index in [9.17, 15) is 27.6 Å². The van der Waals surface area contributed by atoms with Gasteiger partial charge >= 0.3 is 12.1 Å². The van der Waals surface area contributed by atoms with E-state index in [4.69, 9.17) is 27.9 Å². The summed E-state index contributed by atoms with van der Waals surface area (Å²) >= 11 is 13.0. The van der Waals surface area contributed by atoms with Crippen LogP contribution < -0.4 is 0 Å². The predicted octanol–water partition coefficient (Wildman–Crippen LogP) is 5.69. The molecule has 37 heavy (non-hydrogen) atoms. The molecule has 1 aliphatic heterocycles. The number of esters is 1. The molecule has 1 amide bonds. The summed E-state index contributed by atoms with van der Waals surface area (Å²) in [7, 11) is 1.65. The zero-order valence-electron chi connectivity index (χ0n) is 20.0. The van der Waals surface area contributed by atoms with Gasteiger partial charge in [0.2, 0.25) is 0 Å². The van der Waals surface area contributed by atoms with E-state index in [1.165, 1.54) is 23.1 Å². The number of hydrogen-bond acceptors (Lipinski definition) is 4. The molecule has 2 aromatic carbocycles. The Morgan fingerprint density at radius 1 is 1.14 bits per heavy atom. The molecule has 0 saturated carbocycles. The second-order valence-electron chi connectivity index (χ2n) is 8.82. The van der Waals surface area contributed by atoms with Gasteiger partial charge in [-0.2, -0.15) is 13.2 Å². The third-order valence-corrected chi connectivity index (χ3v) is 7.31. The van der Waals surface area contributed by atoms with Crippen molar-refractivity contribution in [2.75, 3.05) is 19.7 Å². The first-order valence-electron chi connectivity index (χ1n) is 11.5. The Kier molecular flexibility index (Phi) is 7.57. The quantitative estimate of drug-likeness (QED) is 0.300. The molecule has 3 aromatic rings. The van der Waals surface area contributed by atoms with Crippen molar-refractivity contribution in [3.63, 3.8) is 0 Å². The third-order valence-electron chi connectivity index (χ3n) is 6.53. The molecule has 0 N–H and O–H groups in total. The molecule has 1 unspecified atom stereocenters. The number of piperidine rings is 1. The summed E-state index contributed by atoms with van der Waals surface area (Å²) in [4.78, 5) is 39.0. The van der Waals surface area contributed by atoms with Crippen molar-refractivity contribution in [2.45, 2.75) is 25.9 Å². The fraction of sp³-hybridized carbons (Fsp3) is 0.346. The fourth-order valence-electron chi connectivity index (χ4n) is 4.50. The number of aryl methyl sites for hydroxylation is 1. The highest BCUT2D eigenvalue weighted by molar-refractivity contribution is 6.38. The SMILES string of the molecule is CCOC(=O)C1CCN(C(=O)c2ccc(Cl)c(Cc3cc4ccc(C(F)(F)F)cc4n3C)c2Cl)CC1=O. The van der Waals surface area contributed by atoms with Gasteiger partial charge < -0.3 is 14.2 Å². The Morgan fingerprint density at radius 2 is 1.86 bits per heavy atom. The Labute approximate surface area is 220 Å². The van der Waals surface area contributed by atoms with Gasteiger partial charge in [-0.25, -0.2) is 0 Å². The fourth-order valence-corrected chi connectivity index (χ4v) is 5.08. The molecule has 0 spiro atoms. The number of alkyl halides is 3. The van der Waals surface area contributed by atoms with Crippen LogP contribution in [0.5, 0.6) is 0 Å². The number of carbonyl (C=O) groups excluding carboxylic acids is 3. The highest BCUT2D eigenvalue weighted by Crippen LogP contribution is 2.35. The molecule has 1 fully saturated rings. The summed E-state index contributed by atoms with van der Waals surface area (Å²) in [6, 6.07) is 8.25. The van der Waals surface area contributed by atoms with Crippen LogP contribution in [-0.2, 0) is 34.0 Å². The van der Waals surface area contributed by atoms with E-state index in [1.807, 2.05) is 0 Å². The zero-order valence-corrected chi connectivity index (χ0v) is 21.5. The summed E-state index contributed by atoms with van der Waals surface area (Å²) < 4.78 is 46.1. The smallest absolute Gasteiger partial charge is 0.416 e. The van der Waals surface area contributed by atoms with Crippen LogP contribution in [0.25, 0.3) is 10.9 Å². The number of benzene rings is 2. The summed E-state index contributed by atoms with van der Waals surface area (Å²) in [5.41, 5.74) is 0.864. The number of ether oxygens (including phenoxy) is 1. The van der Waals surface area contributed by atoms with E-state index in [-0.39, 0.29) is 43.1 Å². The maximum Gasteiger partial charge on any atom is 0.416 e. The van der Waals surface area contributed by atoms with Gasteiger partial charge in [0.05, 0.1) is 29.3 Å². The van der Waals surface area contributed by atoms with Gasteiger partial charge in [0, 0.05) is 36.2 Å². The lowest BCUT2D eigenvalue weighted by Gasteiger charge is -2.30. The van der Waals surface area contributed by atoms with E-state index < -0.39 is 35.3 Å². The van der Waals surface area contributed by atoms with E-state index in [0.717, 1.165) is 12.1 Å². The van der Waals surface area contributed by atoms with Crippen molar-refractivity contribution in [1.82, 2.24) is 9.47 Å². The molecule has 196 valence electrons. The number of Topliss-reactive ketones (excluding diaryl/α,β-unsaturated/α-hetero) is 1. The minimum absolute atomic E-state index is 0.0960. The monoisotopic (exact) mass is 554 g/mol. The van der Waals surface area contributed by atoms with Gasteiger partial charge in [-0.3, -0.25) is 14.4 Å². The van der Waals surface area contributed by atoms with Crippen LogP contribution in [-0.4, -0.2) is 46.8 Å². The van der Waals surface area contributed by atoms with Crippen molar-refractivity contribution in [3.05, 3.63) is 68.8 Å². The molecule has 1 atom stereocenters. The van der Waals surface area contributed by atoms with Crippen LogP contribution in [0.1, 0.15) is 40.5 Å². The second kappa shape index (κ2) is 10.4. The minimum Gasteiger partial charge on any atom is -0.465 e. The van der Waals surface area contributed by atoms with Gasteiger partial charge in [0.1, 0.15) is 5.92 Å². The Balaban J connectivity index is 1.60. The lowest BCUT2D eigenvalue weighted by molar-refractivity contribution is -0.153. The number of halogens is 5. The highest BCUT2D eigenvalue weighted by atomic mass is 35.5. The number of nitrogens with zero attached hydrogens (tertiary/aromatic N) is 2. The molecule has 6 nitrogen and oxygen atoms in total. The van der Waals surface area contributed by atoms with Crippen LogP contribution in [0.4, 0.5) is 13.2 Å². The van der Waals surface area contributed by atoms with Crippen molar-refractivity contribution >= 4 is 51.8 Å². The van der Waals surface area contributed by atoms with Gasteiger partial charge in [-0.15, -0.1) is 0 Å². The standard InChI is InChI=1S/C26H23Cl2F3N2O4/c1-3-37-25(36)17-8-9-33(13-22(17)34)24(35)18-6-7-20(27)19(23(18)28)12-16-10-14-4-5-15(26(29,30)31)11-21(14)32(16)2/h4-7,10-11,17H,3,8-9,12-13H2,1-2H3. The lowest BCUT2D eigenvalue weighted by atomic mass is 9.95. The molecule has 1 saturated heterocycles. The topological polar surface area (TPSA) is 68.6 Å². The summed E-state index contributed by atoms with van der Waals surface area (Å²) in [5.74, 6) is -2.38. The second-order valence-corrected chi connectivity index (χ2v) is 9.60. The number of carbonyl (C=O) groups is 3. The van der Waals surface area contributed by atoms with Gasteiger partial charge in [-0.05, 0) is 54.6 Å². The average Bonchev–Trinajstić information content (AvgIpc) is 3.15. The summed E-state index contributed by atoms with van der Waals surface area (Å²) in [6.45, 7) is 1.74. The van der Waals surface area contributed by atoms with Crippen LogP contribution >= 0.6 is 23.2 Å². The largest absolute Gasteiger partial charge is 0.465 e. The van der Waals surface area contributed by atoms with Gasteiger partial charge in [0.25, 0.3) is 5.91 Å². The molecule has 0 bridgehead atoms. The van der Waals surface area contributed by atoms with Crippen molar-refractivity contribution < 1.29 is 32.3 Å². The van der Waals surface area contributed by atoms with E-state index in [2.05, 4.69) is 0 Å². The van der Waals surface area contributed by atoms with E-state index in [1.54, 1.807) is 24.6 Å². The predicted molar refractivity (Wildman–Crippen MR) is 133 cm³/mol. The van der Waals surface area contributed by atoms with Crippen LogP contribution in [0.3, 0.4) is 0 Å². The molecule has 11 heteroatoms. The maximum atomic E-state index is 13.2. The molecular weight excluding hydrogens is 532 g/mol. The summed E-state index contributed by atoms with van der Waals surface area (Å²) in [5, 5.41) is 1.01. The number of hydrogen-bond donors (Lipinski definition) is 0. The molecule has 1 aromatic heterocycles. The summed E-state index contributed by atoms with van der Waals surface area (Å²) in [6.07, 6.45) is -4.15. The first-order chi connectivity index (χ1) is 17.4. The molecule has 1 aliphatic rings. The van der Waals surface area contributed by atoms with Crippen LogP contribution in [0.15, 0.2) is 36.4 Å². The average molecular weight is 555 g/mol. The number of aromatic nitrogens is 1. The Morgan fingerprint density at radius 3 is 2.51 bits per heavy atom. The molecular formula is C26H23Cl2F3N2O4. The van der Waals surface area contributed by atoms with Crippen molar-refractivity contribution in [1.29, 1.82) is 0 Å². The molecule has 0 aliphatic carbocycles. The van der Waals surface area contributed by atoms with Gasteiger partial charge in [-0.1, -0.05) is 29.3 Å². The number of likely N-dealkylation sites (tertiary alicyclic amines) is 1. The Bertz CT molecular complexity index is 1400. The number of fused-ring (bicyclic) bond motifs is 1.